The van der Waals surface area contributed by atoms with Crippen LogP contribution in [0.5, 0.6) is 0 Å². The maximum atomic E-state index is 12.5. The monoisotopic (exact) mass is 235 g/mol. The van der Waals surface area contributed by atoms with E-state index in [2.05, 4.69) is 5.32 Å². The highest BCUT2D eigenvalue weighted by atomic mass is 35.5. The molecule has 0 aliphatic heterocycles. The average molecular weight is 236 g/mol. The predicted octanol–water partition coefficient (Wildman–Crippen LogP) is 2.64. The quantitative estimate of drug-likeness (QED) is 0.769. The summed E-state index contributed by atoms with van der Waals surface area (Å²) in [5, 5.41) is 11.9. The molecule has 0 heterocycles. The summed E-state index contributed by atoms with van der Waals surface area (Å²) in [6.07, 6.45) is -3.26. The van der Waals surface area contributed by atoms with Crippen LogP contribution in [0.4, 0.5) is 14.5 Å². The van der Waals surface area contributed by atoms with Gasteiger partial charge >= 0.3 is 0 Å². The fraction of sp³-hybridized carbons (Fsp3) is 0.400. The summed E-state index contributed by atoms with van der Waals surface area (Å²) >= 11 is 5.38. The molecule has 0 amide bonds. The molecular formula is C10H12ClF2NO. The highest BCUT2D eigenvalue weighted by molar-refractivity contribution is 6.18. The SMILES string of the molecule is OC(CCl)CNc1ccccc1C(F)F. The van der Waals surface area contributed by atoms with Gasteiger partial charge in [-0.3, -0.25) is 0 Å². The predicted molar refractivity (Wildman–Crippen MR) is 56.6 cm³/mol. The number of hydrogen-bond acceptors (Lipinski definition) is 2. The van der Waals surface area contributed by atoms with Gasteiger partial charge in [0.15, 0.2) is 0 Å². The van der Waals surface area contributed by atoms with Gasteiger partial charge in [0.05, 0.1) is 12.0 Å². The molecule has 0 aliphatic carbocycles. The van der Waals surface area contributed by atoms with Crippen LogP contribution in [0, 0.1) is 0 Å². The first-order valence-corrected chi connectivity index (χ1v) is 5.03. The van der Waals surface area contributed by atoms with Crippen molar-refractivity contribution in [1.29, 1.82) is 0 Å². The summed E-state index contributed by atoms with van der Waals surface area (Å²) in [5.74, 6) is 0.0733. The molecule has 1 atom stereocenters. The number of anilines is 1. The molecule has 0 spiro atoms. The first-order valence-electron chi connectivity index (χ1n) is 4.50. The standard InChI is InChI=1S/C10H12ClF2NO/c11-5-7(15)6-14-9-4-2-1-3-8(9)10(12)13/h1-4,7,10,14-15H,5-6H2. The van der Waals surface area contributed by atoms with Gasteiger partial charge < -0.3 is 10.4 Å². The minimum atomic E-state index is -2.53. The zero-order valence-electron chi connectivity index (χ0n) is 7.96. The molecule has 0 aliphatic rings. The van der Waals surface area contributed by atoms with Gasteiger partial charge in [-0.25, -0.2) is 8.78 Å². The van der Waals surface area contributed by atoms with Crippen LogP contribution >= 0.6 is 11.6 Å². The van der Waals surface area contributed by atoms with Crippen LogP contribution < -0.4 is 5.32 Å². The lowest BCUT2D eigenvalue weighted by atomic mass is 10.2. The second-order valence-corrected chi connectivity index (χ2v) is 3.39. The Hall–Kier alpha value is -0.870. The molecule has 5 heteroatoms. The van der Waals surface area contributed by atoms with Crippen LogP contribution in [0.3, 0.4) is 0 Å². The number of aliphatic hydroxyl groups excluding tert-OH is 1. The fourth-order valence-electron chi connectivity index (χ4n) is 1.13. The van der Waals surface area contributed by atoms with E-state index >= 15 is 0 Å². The second-order valence-electron chi connectivity index (χ2n) is 3.08. The smallest absolute Gasteiger partial charge is 0.265 e. The van der Waals surface area contributed by atoms with E-state index in [1.54, 1.807) is 18.2 Å². The molecule has 0 bridgehead atoms. The maximum absolute atomic E-state index is 12.5. The Balaban J connectivity index is 2.67. The molecule has 1 aromatic rings. The summed E-state index contributed by atoms with van der Waals surface area (Å²) in [6, 6.07) is 6.09. The topological polar surface area (TPSA) is 32.3 Å². The van der Waals surface area contributed by atoms with Crippen molar-refractivity contribution in [3.8, 4) is 0 Å². The van der Waals surface area contributed by atoms with E-state index < -0.39 is 12.5 Å². The van der Waals surface area contributed by atoms with Gasteiger partial charge in [0.1, 0.15) is 0 Å². The minimum Gasteiger partial charge on any atom is -0.390 e. The Bertz CT molecular complexity index is 309. The van der Waals surface area contributed by atoms with Gasteiger partial charge in [0.2, 0.25) is 0 Å². The Labute approximate surface area is 91.9 Å². The van der Waals surface area contributed by atoms with Crippen molar-refractivity contribution in [2.45, 2.75) is 12.5 Å². The number of halogens is 3. The van der Waals surface area contributed by atoms with Crippen molar-refractivity contribution in [3.05, 3.63) is 29.8 Å². The number of hydrogen-bond donors (Lipinski definition) is 2. The van der Waals surface area contributed by atoms with Crippen molar-refractivity contribution in [3.63, 3.8) is 0 Å². The van der Waals surface area contributed by atoms with Gasteiger partial charge in [-0.15, -0.1) is 11.6 Å². The highest BCUT2D eigenvalue weighted by Gasteiger charge is 2.12. The summed E-state index contributed by atoms with van der Waals surface area (Å²) in [5.41, 5.74) is 0.260. The third-order valence-corrected chi connectivity index (χ3v) is 2.26. The fourth-order valence-corrected chi connectivity index (χ4v) is 1.24. The van der Waals surface area contributed by atoms with Crippen molar-refractivity contribution in [2.75, 3.05) is 17.7 Å². The maximum Gasteiger partial charge on any atom is 0.265 e. The largest absolute Gasteiger partial charge is 0.390 e. The van der Waals surface area contributed by atoms with E-state index in [-0.39, 0.29) is 18.0 Å². The van der Waals surface area contributed by atoms with Gasteiger partial charge in [0, 0.05) is 17.8 Å². The van der Waals surface area contributed by atoms with Crippen molar-refractivity contribution in [2.24, 2.45) is 0 Å². The van der Waals surface area contributed by atoms with Gasteiger partial charge in [-0.1, -0.05) is 18.2 Å². The van der Waals surface area contributed by atoms with E-state index in [9.17, 15) is 8.78 Å². The van der Waals surface area contributed by atoms with Crippen LogP contribution in [-0.4, -0.2) is 23.6 Å². The lowest BCUT2D eigenvalue weighted by Gasteiger charge is -2.13. The third kappa shape index (κ3) is 3.64. The molecule has 15 heavy (non-hydrogen) atoms. The molecule has 1 aromatic carbocycles. The van der Waals surface area contributed by atoms with Crippen LogP contribution in [0.2, 0.25) is 0 Å². The summed E-state index contributed by atoms with van der Waals surface area (Å²) in [7, 11) is 0. The molecule has 84 valence electrons. The Kier molecular flexibility index (Phi) is 4.78. The van der Waals surface area contributed by atoms with Gasteiger partial charge in [-0.05, 0) is 6.07 Å². The van der Waals surface area contributed by atoms with Crippen molar-refractivity contribution >= 4 is 17.3 Å². The first-order chi connectivity index (χ1) is 7.15. The minimum absolute atomic E-state index is 0.0701. The number of aliphatic hydroxyl groups is 1. The number of alkyl halides is 3. The van der Waals surface area contributed by atoms with Crippen molar-refractivity contribution < 1.29 is 13.9 Å². The zero-order valence-corrected chi connectivity index (χ0v) is 8.72. The van der Waals surface area contributed by atoms with Gasteiger partial charge in [0.25, 0.3) is 6.43 Å². The first kappa shape index (κ1) is 12.2. The highest BCUT2D eigenvalue weighted by Crippen LogP contribution is 2.26. The summed E-state index contributed by atoms with van der Waals surface area (Å²) in [4.78, 5) is 0. The summed E-state index contributed by atoms with van der Waals surface area (Å²) < 4.78 is 25.0. The molecule has 1 unspecified atom stereocenters. The zero-order chi connectivity index (χ0) is 11.3. The molecule has 2 N–H and O–H groups in total. The lowest BCUT2D eigenvalue weighted by molar-refractivity contribution is 0.152. The van der Waals surface area contributed by atoms with E-state index in [1.807, 2.05) is 0 Å². The van der Waals surface area contributed by atoms with Crippen molar-refractivity contribution in [1.82, 2.24) is 0 Å². The number of benzene rings is 1. The van der Waals surface area contributed by atoms with E-state index in [0.717, 1.165) is 0 Å². The lowest BCUT2D eigenvalue weighted by Crippen LogP contribution is -2.21. The Morgan fingerprint density at radius 2 is 2.00 bits per heavy atom. The third-order valence-electron chi connectivity index (χ3n) is 1.90. The van der Waals surface area contributed by atoms with Crippen LogP contribution in [-0.2, 0) is 0 Å². The van der Waals surface area contributed by atoms with Crippen LogP contribution in [0.1, 0.15) is 12.0 Å². The molecular weight excluding hydrogens is 224 g/mol. The molecule has 0 saturated carbocycles. The molecule has 1 rings (SSSR count). The van der Waals surface area contributed by atoms with Gasteiger partial charge in [-0.2, -0.15) is 0 Å². The van der Waals surface area contributed by atoms with E-state index in [4.69, 9.17) is 16.7 Å². The molecule has 0 saturated heterocycles. The Morgan fingerprint density at radius 1 is 1.33 bits per heavy atom. The number of para-hydroxylation sites is 1. The molecule has 2 nitrogen and oxygen atoms in total. The number of rotatable bonds is 5. The second kappa shape index (κ2) is 5.88. The molecule has 0 fully saturated rings. The van der Waals surface area contributed by atoms with E-state index in [1.165, 1.54) is 6.07 Å². The average Bonchev–Trinajstić information content (AvgIpc) is 2.26. The van der Waals surface area contributed by atoms with Crippen LogP contribution in [0.15, 0.2) is 24.3 Å². The molecule has 0 radical (unpaired) electrons. The van der Waals surface area contributed by atoms with E-state index in [0.29, 0.717) is 5.69 Å². The number of nitrogens with one attached hydrogen (secondary N) is 1. The molecule has 0 aromatic heterocycles. The summed E-state index contributed by atoms with van der Waals surface area (Å²) in [6.45, 7) is 0.160. The van der Waals surface area contributed by atoms with Crippen LogP contribution in [0.25, 0.3) is 0 Å². The Morgan fingerprint density at radius 3 is 2.60 bits per heavy atom. The normalized spacial score (nSPS) is 12.9.